The lowest BCUT2D eigenvalue weighted by molar-refractivity contribution is -0.130. The first-order valence-electron chi connectivity index (χ1n) is 8.40. The van der Waals surface area contributed by atoms with Gasteiger partial charge in [0.25, 0.3) is 0 Å². The van der Waals surface area contributed by atoms with E-state index in [-0.39, 0.29) is 12.2 Å². The SMILES string of the molecule is CCCC1NC(CC)N(CCC2CCN(C)CC2)C1=O. The van der Waals surface area contributed by atoms with Crippen LogP contribution in [0.1, 0.15) is 52.4 Å². The predicted molar refractivity (Wildman–Crippen MR) is 82.5 cm³/mol. The van der Waals surface area contributed by atoms with Crippen LogP contribution in [0.4, 0.5) is 0 Å². The van der Waals surface area contributed by atoms with Crippen molar-refractivity contribution in [3.8, 4) is 0 Å². The first kappa shape index (κ1) is 15.8. The van der Waals surface area contributed by atoms with E-state index in [0.717, 1.165) is 31.7 Å². The Morgan fingerprint density at radius 3 is 2.50 bits per heavy atom. The summed E-state index contributed by atoms with van der Waals surface area (Å²) in [5.41, 5.74) is 0. The van der Waals surface area contributed by atoms with E-state index in [1.165, 1.54) is 32.4 Å². The number of carbonyl (C=O) groups is 1. The number of piperidine rings is 1. The van der Waals surface area contributed by atoms with Crippen molar-refractivity contribution >= 4 is 5.91 Å². The predicted octanol–water partition coefficient (Wildman–Crippen LogP) is 2.05. The van der Waals surface area contributed by atoms with Crippen LogP contribution in [0.15, 0.2) is 0 Å². The van der Waals surface area contributed by atoms with Crippen LogP contribution >= 0.6 is 0 Å². The van der Waals surface area contributed by atoms with Crippen molar-refractivity contribution in [3.63, 3.8) is 0 Å². The van der Waals surface area contributed by atoms with E-state index >= 15 is 0 Å². The van der Waals surface area contributed by atoms with E-state index in [1.54, 1.807) is 0 Å². The van der Waals surface area contributed by atoms with Crippen LogP contribution in [0.3, 0.4) is 0 Å². The minimum atomic E-state index is 0.0717. The summed E-state index contributed by atoms with van der Waals surface area (Å²) in [5, 5.41) is 3.50. The molecule has 2 rings (SSSR count). The molecule has 0 aromatic heterocycles. The molecule has 4 heteroatoms. The molecule has 0 bridgehead atoms. The number of hydrogen-bond acceptors (Lipinski definition) is 3. The van der Waals surface area contributed by atoms with Crippen molar-refractivity contribution in [2.24, 2.45) is 5.92 Å². The maximum absolute atomic E-state index is 12.4. The van der Waals surface area contributed by atoms with Gasteiger partial charge in [0.05, 0.1) is 12.2 Å². The Hall–Kier alpha value is -0.610. The second-order valence-electron chi connectivity index (χ2n) is 6.50. The van der Waals surface area contributed by atoms with Crippen molar-refractivity contribution in [2.75, 3.05) is 26.7 Å². The second kappa shape index (κ2) is 7.41. The smallest absolute Gasteiger partial charge is 0.241 e. The van der Waals surface area contributed by atoms with Gasteiger partial charge in [-0.2, -0.15) is 0 Å². The molecule has 0 saturated carbocycles. The molecule has 0 spiro atoms. The summed E-state index contributed by atoms with van der Waals surface area (Å²) in [6.45, 7) is 7.69. The van der Waals surface area contributed by atoms with Crippen molar-refractivity contribution < 1.29 is 4.79 Å². The summed E-state index contributed by atoms with van der Waals surface area (Å²) in [6.07, 6.45) is 7.09. The van der Waals surface area contributed by atoms with Gasteiger partial charge in [0.2, 0.25) is 5.91 Å². The van der Waals surface area contributed by atoms with Crippen LogP contribution in [0, 0.1) is 5.92 Å². The molecular formula is C16H31N3O. The molecule has 0 radical (unpaired) electrons. The van der Waals surface area contributed by atoms with Crippen LogP contribution < -0.4 is 5.32 Å². The first-order chi connectivity index (χ1) is 9.65. The lowest BCUT2D eigenvalue weighted by Crippen LogP contribution is -2.39. The monoisotopic (exact) mass is 281 g/mol. The Kier molecular flexibility index (Phi) is 5.85. The number of carbonyl (C=O) groups excluding carboxylic acids is 1. The summed E-state index contributed by atoms with van der Waals surface area (Å²) in [4.78, 5) is 17.0. The Balaban J connectivity index is 1.82. The molecule has 0 aliphatic carbocycles. The average molecular weight is 281 g/mol. The normalized spacial score (nSPS) is 29.4. The van der Waals surface area contributed by atoms with Gasteiger partial charge in [-0.3, -0.25) is 10.1 Å². The highest BCUT2D eigenvalue weighted by Crippen LogP contribution is 2.23. The van der Waals surface area contributed by atoms with Gasteiger partial charge in [0, 0.05) is 6.54 Å². The molecule has 20 heavy (non-hydrogen) atoms. The minimum absolute atomic E-state index is 0.0717. The van der Waals surface area contributed by atoms with Crippen molar-refractivity contribution in [3.05, 3.63) is 0 Å². The van der Waals surface area contributed by atoms with Gasteiger partial charge < -0.3 is 9.80 Å². The number of nitrogens with zero attached hydrogens (tertiary/aromatic N) is 2. The van der Waals surface area contributed by atoms with Gasteiger partial charge in [0.1, 0.15) is 0 Å². The fraction of sp³-hybridized carbons (Fsp3) is 0.938. The Morgan fingerprint density at radius 2 is 1.90 bits per heavy atom. The number of rotatable bonds is 6. The summed E-state index contributed by atoms with van der Waals surface area (Å²) >= 11 is 0. The zero-order chi connectivity index (χ0) is 14.5. The first-order valence-corrected chi connectivity index (χ1v) is 8.40. The highest BCUT2D eigenvalue weighted by atomic mass is 16.2. The van der Waals surface area contributed by atoms with Crippen LogP contribution in [-0.4, -0.2) is 54.6 Å². The number of amides is 1. The molecule has 1 N–H and O–H groups in total. The molecule has 2 atom stereocenters. The van der Waals surface area contributed by atoms with Gasteiger partial charge in [-0.15, -0.1) is 0 Å². The molecule has 2 saturated heterocycles. The molecule has 2 fully saturated rings. The molecule has 2 aliphatic rings. The molecule has 1 amide bonds. The molecule has 0 aromatic rings. The molecule has 2 heterocycles. The van der Waals surface area contributed by atoms with Crippen molar-refractivity contribution in [1.82, 2.24) is 15.1 Å². The molecule has 2 aliphatic heterocycles. The second-order valence-corrected chi connectivity index (χ2v) is 6.50. The minimum Gasteiger partial charge on any atom is -0.326 e. The molecule has 0 aromatic carbocycles. The van der Waals surface area contributed by atoms with Gasteiger partial charge in [-0.25, -0.2) is 0 Å². The van der Waals surface area contributed by atoms with Crippen molar-refractivity contribution in [1.29, 1.82) is 0 Å². The molecule has 116 valence electrons. The van der Waals surface area contributed by atoms with Crippen molar-refractivity contribution in [2.45, 2.75) is 64.6 Å². The quantitative estimate of drug-likeness (QED) is 0.809. The number of nitrogens with one attached hydrogen (secondary N) is 1. The zero-order valence-electron chi connectivity index (χ0n) is 13.4. The van der Waals surface area contributed by atoms with E-state index in [1.807, 2.05) is 0 Å². The maximum Gasteiger partial charge on any atom is 0.241 e. The third-order valence-electron chi connectivity index (χ3n) is 4.93. The Labute approximate surface area is 123 Å². The fourth-order valence-corrected chi connectivity index (χ4v) is 3.52. The van der Waals surface area contributed by atoms with Gasteiger partial charge in [0.15, 0.2) is 0 Å². The van der Waals surface area contributed by atoms with E-state index in [0.29, 0.717) is 5.91 Å². The topological polar surface area (TPSA) is 35.6 Å². The summed E-state index contributed by atoms with van der Waals surface area (Å²) in [5.74, 6) is 1.15. The molecular weight excluding hydrogens is 250 g/mol. The standard InChI is InChI=1S/C16H31N3O/c1-4-6-14-16(20)19(15(5-2)17-14)12-9-13-7-10-18(3)11-8-13/h13-15,17H,4-12H2,1-3H3. The fourth-order valence-electron chi connectivity index (χ4n) is 3.52. The van der Waals surface area contributed by atoms with Gasteiger partial charge >= 0.3 is 0 Å². The highest BCUT2D eigenvalue weighted by molar-refractivity contribution is 5.84. The molecule has 2 unspecified atom stereocenters. The lowest BCUT2D eigenvalue weighted by Gasteiger charge is -2.31. The van der Waals surface area contributed by atoms with Gasteiger partial charge in [-0.05, 0) is 58.2 Å². The summed E-state index contributed by atoms with van der Waals surface area (Å²) in [7, 11) is 2.20. The zero-order valence-corrected chi connectivity index (χ0v) is 13.4. The third-order valence-corrected chi connectivity index (χ3v) is 4.93. The third kappa shape index (κ3) is 3.73. The van der Waals surface area contributed by atoms with E-state index in [2.05, 4.69) is 36.0 Å². The van der Waals surface area contributed by atoms with Crippen LogP contribution in [0.5, 0.6) is 0 Å². The lowest BCUT2D eigenvalue weighted by atomic mass is 9.93. The molecule has 4 nitrogen and oxygen atoms in total. The van der Waals surface area contributed by atoms with E-state index in [9.17, 15) is 4.79 Å². The van der Waals surface area contributed by atoms with Gasteiger partial charge in [-0.1, -0.05) is 20.3 Å². The summed E-state index contributed by atoms with van der Waals surface area (Å²) < 4.78 is 0. The van der Waals surface area contributed by atoms with Crippen LogP contribution in [-0.2, 0) is 4.79 Å². The summed E-state index contributed by atoms with van der Waals surface area (Å²) in [6, 6.07) is 0.0717. The maximum atomic E-state index is 12.4. The Bertz CT molecular complexity index is 313. The Morgan fingerprint density at radius 1 is 1.20 bits per heavy atom. The van der Waals surface area contributed by atoms with E-state index in [4.69, 9.17) is 0 Å². The van der Waals surface area contributed by atoms with Crippen LogP contribution in [0.25, 0.3) is 0 Å². The van der Waals surface area contributed by atoms with Crippen LogP contribution in [0.2, 0.25) is 0 Å². The highest BCUT2D eigenvalue weighted by Gasteiger charge is 2.37. The number of likely N-dealkylation sites (tertiary alicyclic amines) is 1. The average Bonchev–Trinajstić information content (AvgIpc) is 2.75. The van der Waals surface area contributed by atoms with E-state index < -0.39 is 0 Å². The number of hydrogen-bond donors (Lipinski definition) is 1. The largest absolute Gasteiger partial charge is 0.326 e.